The van der Waals surface area contributed by atoms with E-state index in [0.29, 0.717) is 48.6 Å². The van der Waals surface area contributed by atoms with E-state index in [0.717, 1.165) is 6.07 Å². The lowest BCUT2D eigenvalue weighted by Crippen LogP contribution is -2.38. The Bertz CT molecular complexity index is 1060. The lowest BCUT2D eigenvalue weighted by Gasteiger charge is -2.32. The summed E-state index contributed by atoms with van der Waals surface area (Å²) in [5.41, 5.74) is 0.542. The zero-order valence-electron chi connectivity index (χ0n) is 16.1. The van der Waals surface area contributed by atoms with Crippen molar-refractivity contribution in [2.45, 2.75) is 45.7 Å². The summed E-state index contributed by atoms with van der Waals surface area (Å²) in [5, 5.41) is 7.33. The first-order chi connectivity index (χ1) is 13.7. The highest BCUT2D eigenvalue weighted by Gasteiger charge is 2.37. The minimum Gasteiger partial charge on any atom is -0.361 e. The van der Waals surface area contributed by atoms with Gasteiger partial charge in [0.05, 0.1) is 22.3 Å². The number of carbonyl (C=O) groups excluding carboxylic acids is 1. The number of rotatable bonds is 2. The monoisotopic (exact) mass is 408 g/mol. The van der Waals surface area contributed by atoms with Gasteiger partial charge < -0.3 is 13.9 Å². The maximum atomic E-state index is 13.6. The molecule has 1 fully saturated rings. The molecule has 10 heteroatoms. The fraction of sp³-hybridized carbons (Fsp3) is 0.474. The molecule has 0 N–H and O–H groups in total. The van der Waals surface area contributed by atoms with Crippen molar-refractivity contribution in [1.29, 1.82) is 0 Å². The molecule has 29 heavy (non-hydrogen) atoms. The first-order valence-corrected chi connectivity index (χ1v) is 9.23. The Labute approximate surface area is 163 Å². The molecule has 1 aliphatic rings. The lowest BCUT2D eigenvalue weighted by molar-refractivity contribution is -0.136. The summed E-state index contributed by atoms with van der Waals surface area (Å²) in [6.07, 6.45) is -3.54. The van der Waals surface area contributed by atoms with Gasteiger partial charge in [-0.1, -0.05) is 10.3 Å². The minimum absolute atomic E-state index is 0.104. The predicted molar refractivity (Wildman–Crippen MR) is 95.4 cm³/mol. The van der Waals surface area contributed by atoms with Crippen molar-refractivity contribution >= 4 is 17.0 Å². The van der Waals surface area contributed by atoms with Crippen LogP contribution in [0, 0.1) is 20.8 Å². The summed E-state index contributed by atoms with van der Waals surface area (Å²) < 4.78 is 50.7. The van der Waals surface area contributed by atoms with Crippen LogP contribution in [-0.2, 0) is 6.18 Å². The summed E-state index contributed by atoms with van der Waals surface area (Å²) in [6.45, 7) is 5.65. The van der Waals surface area contributed by atoms with Gasteiger partial charge in [-0.3, -0.25) is 4.79 Å². The molecule has 0 saturated carbocycles. The smallest absolute Gasteiger partial charge is 0.361 e. The molecule has 0 radical (unpaired) electrons. The third kappa shape index (κ3) is 3.36. The zero-order valence-corrected chi connectivity index (χ0v) is 16.1. The van der Waals surface area contributed by atoms with Gasteiger partial charge in [-0.05, 0) is 39.7 Å². The van der Waals surface area contributed by atoms with E-state index in [9.17, 15) is 18.0 Å². The molecule has 0 aliphatic carbocycles. The molecule has 1 aliphatic heterocycles. The molecule has 3 aromatic heterocycles. The summed E-state index contributed by atoms with van der Waals surface area (Å²) in [4.78, 5) is 18.7. The number of fused-ring (bicyclic) bond motifs is 1. The minimum atomic E-state index is -4.54. The average molecular weight is 408 g/mol. The number of carbonyl (C=O) groups is 1. The highest BCUT2D eigenvalue weighted by Crippen LogP contribution is 2.39. The van der Waals surface area contributed by atoms with Gasteiger partial charge in [0.15, 0.2) is 0 Å². The van der Waals surface area contributed by atoms with Crippen LogP contribution in [0.1, 0.15) is 57.5 Å². The number of alkyl halides is 3. The number of amides is 1. The van der Waals surface area contributed by atoms with Crippen molar-refractivity contribution in [1.82, 2.24) is 20.2 Å². The molecule has 1 saturated heterocycles. The number of halogens is 3. The highest BCUT2D eigenvalue weighted by molar-refractivity contribution is 5.96. The number of hydrogen-bond acceptors (Lipinski definition) is 6. The summed E-state index contributed by atoms with van der Waals surface area (Å²) in [5.74, 6) is 0.0711. The van der Waals surface area contributed by atoms with Crippen molar-refractivity contribution < 1.29 is 27.0 Å². The number of hydrogen-bond donors (Lipinski definition) is 0. The van der Waals surface area contributed by atoms with Crippen LogP contribution in [0.15, 0.2) is 15.1 Å². The molecular weight excluding hydrogens is 389 g/mol. The van der Waals surface area contributed by atoms with Gasteiger partial charge in [0.1, 0.15) is 11.3 Å². The quantitative estimate of drug-likeness (QED) is 0.633. The molecule has 154 valence electrons. The van der Waals surface area contributed by atoms with E-state index in [1.54, 1.807) is 18.7 Å². The molecular formula is C19H19F3N4O3. The van der Waals surface area contributed by atoms with Gasteiger partial charge in [0, 0.05) is 24.7 Å². The van der Waals surface area contributed by atoms with Gasteiger partial charge >= 0.3 is 6.18 Å². The van der Waals surface area contributed by atoms with Crippen LogP contribution >= 0.6 is 0 Å². The first-order valence-electron chi connectivity index (χ1n) is 9.23. The van der Waals surface area contributed by atoms with E-state index in [-0.39, 0.29) is 28.6 Å². The number of pyridine rings is 1. The fourth-order valence-electron chi connectivity index (χ4n) is 3.87. The Morgan fingerprint density at radius 2 is 1.76 bits per heavy atom. The van der Waals surface area contributed by atoms with Gasteiger partial charge in [-0.25, -0.2) is 4.98 Å². The van der Waals surface area contributed by atoms with E-state index < -0.39 is 11.7 Å². The van der Waals surface area contributed by atoms with E-state index >= 15 is 0 Å². The van der Waals surface area contributed by atoms with Crippen molar-refractivity contribution in [3.05, 3.63) is 40.0 Å². The Kier molecular flexibility index (Phi) is 4.59. The number of aryl methyl sites for hydroxylation is 3. The number of likely N-dealkylation sites (tertiary alicyclic amines) is 1. The molecule has 0 aromatic carbocycles. The topological polar surface area (TPSA) is 85.3 Å². The van der Waals surface area contributed by atoms with Gasteiger partial charge in [0.25, 0.3) is 11.6 Å². The standard InChI is InChI=1S/C19H19F3N4O3/c1-9-15(11(3)28-24-9)18(27)26-6-4-12(5-7-26)14-8-13(19(20,21)22)16-10(2)25-29-17(16)23-14/h8,12H,4-7H2,1-3H3. The number of nitrogens with zero attached hydrogens (tertiary/aromatic N) is 4. The highest BCUT2D eigenvalue weighted by atomic mass is 19.4. The van der Waals surface area contributed by atoms with Crippen molar-refractivity contribution in [3.8, 4) is 0 Å². The third-order valence-corrected chi connectivity index (χ3v) is 5.39. The Morgan fingerprint density at radius 3 is 2.34 bits per heavy atom. The van der Waals surface area contributed by atoms with Crippen LogP contribution in [0.4, 0.5) is 13.2 Å². The van der Waals surface area contributed by atoms with E-state index in [2.05, 4.69) is 15.3 Å². The Morgan fingerprint density at radius 1 is 1.10 bits per heavy atom. The van der Waals surface area contributed by atoms with E-state index in [4.69, 9.17) is 9.05 Å². The van der Waals surface area contributed by atoms with E-state index in [1.165, 1.54) is 6.92 Å². The van der Waals surface area contributed by atoms with E-state index in [1.807, 2.05) is 0 Å². The SMILES string of the molecule is Cc1noc(C)c1C(=O)N1CCC(c2cc(C(F)(F)F)c3c(C)noc3n2)CC1. The lowest BCUT2D eigenvalue weighted by atomic mass is 9.91. The maximum absolute atomic E-state index is 13.6. The Balaban J connectivity index is 1.57. The Hall–Kier alpha value is -2.91. The fourth-order valence-corrected chi connectivity index (χ4v) is 3.87. The molecule has 7 nitrogen and oxygen atoms in total. The normalized spacial score (nSPS) is 16.0. The summed E-state index contributed by atoms with van der Waals surface area (Å²) >= 11 is 0. The van der Waals surface area contributed by atoms with Crippen molar-refractivity contribution in [2.75, 3.05) is 13.1 Å². The van der Waals surface area contributed by atoms with Crippen molar-refractivity contribution in [3.63, 3.8) is 0 Å². The second-order valence-corrected chi connectivity index (χ2v) is 7.31. The second-order valence-electron chi connectivity index (χ2n) is 7.31. The van der Waals surface area contributed by atoms with Crippen LogP contribution < -0.4 is 0 Å². The molecule has 3 aromatic rings. The second kappa shape index (κ2) is 6.85. The van der Waals surface area contributed by atoms with Crippen LogP contribution in [0.25, 0.3) is 11.1 Å². The average Bonchev–Trinajstić information content (AvgIpc) is 3.22. The molecule has 0 bridgehead atoms. The summed E-state index contributed by atoms with van der Waals surface area (Å²) in [6, 6.07) is 1.09. The number of piperidine rings is 1. The molecule has 4 rings (SSSR count). The van der Waals surface area contributed by atoms with Gasteiger partial charge in [-0.2, -0.15) is 13.2 Å². The molecule has 0 unspecified atom stereocenters. The van der Waals surface area contributed by atoms with Crippen molar-refractivity contribution in [2.24, 2.45) is 0 Å². The zero-order chi connectivity index (χ0) is 20.9. The molecule has 1 amide bonds. The van der Waals surface area contributed by atoms with Crippen LogP contribution in [0.3, 0.4) is 0 Å². The predicted octanol–water partition coefficient (Wildman–Crippen LogP) is 4.17. The number of aromatic nitrogens is 3. The van der Waals surface area contributed by atoms with Crippen LogP contribution in [0.5, 0.6) is 0 Å². The largest absolute Gasteiger partial charge is 0.417 e. The summed E-state index contributed by atoms with van der Waals surface area (Å²) in [7, 11) is 0. The first kappa shape index (κ1) is 19.4. The third-order valence-electron chi connectivity index (χ3n) is 5.39. The molecule has 4 heterocycles. The molecule has 0 spiro atoms. The van der Waals surface area contributed by atoms with Gasteiger partial charge in [-0.15, -0.1) is 0 Å². The molecule has 0 atom stereocenters. The maximum Gasteiger partial charge on any atom is 0.417 e. The van der Waals surface area contributed by atoms with Crippen LogP contribution in [-0.4, -0.2) is 39.2 Å². The van der Waals surface area contributed by atoms with Gasteiger partial charge in [0.2, 0.25) is 0 Å². The van der Waals surface area contributed by atoms with Crippen LogP contribution in [0.2, 0.25) is 0 Å².